The number of nitriles is 1. The highest BCUT2D eigenvalue weighted by atomic mass is 32.2. The lowest BCUT2D eigenvalue weighted by Gasteiger charge is -2.32. The molecule has 3 rings (SSSR count). The predicted molar refractivity (Wildman–Crippen MR) is 98.3 cm³/mol. The Bertz CT molecular complexity index is 856. The van der Waals surface area contributed by atoms with Crippen LogP contribution in [0.4, 0.5) is 0 Å². The first kappa shape index (κ1) is 17.1. The predicted octanol–water partition coefficient (Wildman–Crippen LogP) is 3.91. The van der Waals surface area contributed by atoms with Gasteiger partial charge in [0.2, 0.25) is 6.04 Å². The summed E-state index contributed by atoms with van der Waals surface area (Å²) in [5.41, 5.74) is 9.05. The van der Waals surface area contributed by atoms with E-state index in [0.29, 0.717) is 5.03 Å². The summed E-state index contributed by atoms with van der Waals surface area (Å²) in [6.45, 7) is 1.95. The average Bonchev–Trinajstić information content (AvgIpc) is 2.62. The van der Waals surface area contributed by atoms with E-state index in [4.69, 9.17) is 5.73 Å². The van der Waals surface area contributed by atoms with Crippen molar-refractivity contribution in [1.29, 1.82) is 5.26 Å². The number of benzene rings is 2. The maximum atomic E-state index is 12.0. The topological polar surface area (TPSA) is 93.0 Å². The lowest BCUT2D eigenvalue weighted by atomic mass is 9.82. The van der Waals surface area contributed by atoms with E-state index in [1.165, 1.54) is 11.8 Å². The molecule has 0 unspecified atom stereocenters. The van der Waals surface area contributed by atoms with E-state index in [9.17, 15) is 15.4 Å². The molecule has 1 aliphatic rings. The number of hydrogen-bond acceptors (Lipinski definition) is 5. The summed E-state index contributed by atoms with van der Waals surface area (Å²) in [4.78, 5) is 11.7. The van der Waals surface area contributed by atoms with Gasteiger partial charge in [0.05, 0.1) is 22.6 Å². The molecule has 2 N–H and O–H groups in total. The van der Waals surface area contributed by atoms with Crippen molar-refractivity contribution in [3.05, 3.63) is 92.0 Å². The van der Waals surface area contributed by atoms with Crippen LogP contribution < -0.4 is 5.73 Å². The molecule has 0 saturated heterocycles. The SMILES string of the molecule is Cc1ccc([C@@H]2C(C#N)=C(N)S[C@@H](c3ccccc3)[C@H]2[N+](=O)[O-])cc1. The summed E-state index contributed by atoms with van der Waals surface area (Å²) in [5.74, 6) is -0.660. The number of nitrogens with zero attached hydrogens (tertiary/aromatic N) is 2. The van der Waals surface area contributed by atoms with Crippen LogP contribution in [0.3, 0.4) is 0 Å². The minimum Gasteiger partial charge on any atom is -0.393 e. The third-order valence-electron chi connectivity index (χ3n) is 4.41. The second-order valence-electron chi connectivity index (χ2n) is 6.00. The third kappa shape index (κ3) is 3.24. The normalized spacial score (nSPS) is 23.1. The molecule has 3 atom stereocenters. The first-order valence-electron chi connectivity index (χ1n) is 7.84. The molecular weight excluding hydrogens is 334 g/mol. The summed E-state index contributed by atoms with van der Waals surface area (Å²) in [6, 6.07) is 17.9. The molecule has 0 aliphatic carbocycles. The molecule has 25 heavy (non-hydrogen) atoms. The van der Waals surface area contributed by atoms with Crippen molar-refractivity contribution >= 4 is 11.8 Å². The summed E-state index contributed by atoms with van der Waals surface area (Å²) in [5, 5.41) is 21.5. The zero-order chi connectivity index (χ0) is 18.0. The molecule has 2 aromatic carbocycles. The van der Waals surface area contributed by atoms with Crippen LogP contribution in [0, 0.1) is 28.4 Å². The summed E-state index contributed by atoms with van der Waals surface area (Å²) in [6.07, 6.45) is 0. The van der Waals surface area contributed by atoms with Gasteiger partial charge < -0.3 is 5.73 Å². The Kier molecular flexibility index (Phi) is 4.77. The molecule has 0 spiro atoms. The molecule has 5 nitrogen and oxygen atoms in total. The highest BCUT2D eigenvalue weighted by Gasteiger charge is 2.48. The Morgan fingerprint density at radius 3 is 2.32 bits per heavy atom. The highest BCUT2D eigenvalue weighted by Crippen LogP contribution is 2.50. The molecule has 0 saturated carbocycles. The largest absolute Gasteiger partial charge is 0.393 e. The Morgan fingerprint density at radius 1 is 1.12 bits per heavy atom. The third-order valence-corrected chi connectivity index (χ3v) is 5.69. The van der Waals surface area contributed by atoms with E-state index in [1.807, 2.05) is 61.5 Å². The molecule has 0 amide bonds. The van der Waals surface area contributed by atoms with Gasteiger partial charge in [-0.2, -0.15) is 5.26 Å². The van der Waals surface area contributed by atoms with Gasteiger partial charge in [-0.3, -0.25) is 10.1 Å². The molecule has 2 aromatic rings. The number of thioether (sulfide) groups is 1. The van der Waals surface area contributed by atoms with E-state index >= 15 is 0 Å². The smallest absolute Gasteiger partial charge is 0.240 e. The summed E-state index contributed by atoms with van der Waals surface area (Å²) in [7, 11) is 0. The van der Waals surface area contributed by atoms with Crippen molar-refractivity contribution < 1.29 is 4.92 Å². The fourth-order valence-electron chi connectivity index (χ4n) is 3.17. The van der Waals surface area contributed by atoms with Gasteiger partial charge in [0.25, 0.3) is 0 Å². The second kappa shape index (κ2) is 6.99. The van der Waals surface area contributed by atoms with Gasteiger partial charge in [0, 0.05) is 4.92 Å². The van der Waals surface area contributed by atoms with Gasteiger partial charge in [-0.05, 0) is 18.1 Å². The van der Waals surface area contributed by atoms with E-state index in [0.717, 1.165) is 16.7 Å². The van der Waals surface area contributed by atoms with Crippen LogP contribution in [0.15, 0.2) is 65.2 Å². The lowest BCUT2D eigenvalue weighted by Crippen LogP contribution is -2.37. The number of aryl methyl sites for hydroxylation is 1. The fraction of sp³-hybridized carbons (Fsp3) is 0.211. The molecule has 0 aromatic heterocycles. The second-order valence-corrected chi connectivity index (χ2v) is 7.19. The molecule has 1 heterocycles. The van der Waals surface area contributed by atoms with E-state index in [1.54, 1.807) is 0 Å². The number of nitrogens with two attached hydrogens (primary N) is 1. The highest BCUT2D eigenvalue weighted by molar-refractivity contribution is 8.03. The maximum absolute atomic E-state index is 12.0. The Morgan fingerprint density at radius 2 is 1.76 bits per heavy atom. The molecule has 0 fully saturated rings. The van der Waals surface area contributed by atoms with Gasteiger partial charge in [0.15, 0.2) is 0 Å². The zero-order valence-corrected chi connectivity index (χ0v) is 14.4. The maximum Gasteiger partial charge on any atom is 0.240 e. The number of nitro groups is 1. The van der Waals surface area contributed by atoms with Crippen LogP contribution >= 0.6 is 11.8 Å². The van der Waals surface area contributed by atoms with Crippen molar-refractivity contribution in [2.24, 2.45) is 5.73 Å². The molecule has 1 aliphatic heterocycles. The van der Waals surface area contributed by atoms with Crippen molar-refractivity contribution in [3.8, 4) is 6.07 Å². The summed E-state index contributed by atoms with van der Waals surface area (Å²) >= 11 is 1.20. The monoisotopic (exact) mass is 351 g/mol. The Hall–Kier alpha value is -2.78. The van der Waals surface area contributed by atoms with Crippen LogP contribution in [-0.2, 0) is 0 Å². The molecule has 126 valence electrons. The fourth-order valence-corrected chi connectivity index (χ4v) is 4.43. The van der Waals surface area contributed by atoms with Crippen LogP contribution in [0.1, 0.15) is 27.9 Å². The van der Waals surface area contributed by atoms with Crippen molar-refractivity contribution in [3.63, 3.8) is 0 Å². The molecule has 0 radical (unpaired) electrons. The standard InChI is InChI=1S/C19H17N3O2S/c1-12-7-9-13(10-8-12)16-15(11-20)19(21)25-18(17(16)22(23)24)14-5-3-2-4-6-14/h2-10,16-18H,21H2,1H3/t16-,17+,18+/m1/s1. The Balaban J connectivity index is 2.17. The first-order valence-corrected chi connectivity index (χ1v) is 8.72. The van der Waals surface area contributed by atoms with E-state index in [2.05, 4.69) is 6.07 Å². The summed E-state index contributed by atoms with van der Waals surface area (Å²) < 4.78 is 0. The number of rotatable bonds is 3. The number of hydrogen-bond donors (Lipinski definition) is 1. The van der Waals surface area contributed by atoms with Gasteiger partial charge in [-0.1, -0.05) is 71.9 Å². The van der Waals surface area contributed by atoms with Crippen molar-refractivity contribution in [2.45, 2.75) is 24.1 Å². The van der Waals surface area contributed by atoms with Gasteiger partial charge in [0.1, 0.15) is 5.25 Å². The van der Waals surface area contributed by atoms with Crippen LogP contribution in [0.2, 0.25) is 0 Å². The van der Waals surface area contributed by atoms with Crippen LogP contribution in [-0.4, -0.2) is 11.0 Å². The lowest BCUT2D eigenvalue weighted by molar-refractivity contribution is -0.525. The zero-order valence-electron chi connectivity index (χ0n) is 13.6. The van der Waals surface area contributed by atoms with E-state index < -0.39 is 17.2 Å². The first-order chi connectivity index (χ1) is 12.0. The van der Waals surface area contributed by atoms with Crippen LogP contribution in [0.5, 0.6) is 0 Å². The van der Waals surface area contributed by atoms with Gasteiger partial charge >= 0.3 is 0 Å². The van der Waals surface area contributed by atoms with E-state index in [-0.39, 0.29) is 10.5 Å². The Labute approximate surface area is 150 Å². The van der Waals surface area contributed by atoms with Gasteiger partial charge in [-0.25, -0.2) is 0 Å². The van der Waals surface area contributed by atoms with Crippen molar-refractivity contribution in [1.82, 2.24) is 0 Å². The minimum absolute atomic E-state index is 0.279. The molecular formula is C19H17N3O2S. The molecule has 6 heteroatoms. The average molecular weight is 351 g/mol. The van der Waals surface area contributed by atoms with Crippen molar-refractivity contribution in [2.75, 3.05) is 0 Å². The van der Waals surface area contributed by atoms with Crippen LogP contribution in [0.25, 0.3) is 0 Å². The quantitative estimate of drug-likeness (QED) is 0.668. The molecule has 0 bridgehead atoms. The van der Waals surface area contributed by atoms with Gasteiger partial charge in [-0.15, -0.1) is 0 Å². The minimum atomic E-state index is -0.961.